The normalized spacial score (nSPS) is 11.0. The summed E-state index contributed by atoms with van der Waals surface area (Å²) in [5.41, 5.74) is 6.18. The molecule has 0 aromatic heterocycles. The Morgan fingerprint density at radius 3 is 2.21 bits per heavy atom. The minimum Gasteiger partial charge on any atom is -0.484 e. The third kappa shape index (κ3) is 5.49. The van der Waals surface area contributed by atoms with Crippen molar-refractivity contribution < 1.29 is 14.5 Å². The van der Waals surface area contributed by atoms with E-state index < -0.39 is 10.8 Å². The van der Waals surface area contributed by atoms with Crippen LogP contribution in [-0.4, -0.2) is 23.1 Å². The van der Waals surface area contributed by atoms with Crippen LogP contribution in [0.3, 0.4) is 0 Å². The van der Waals surface area contributed by atoms with Gasteiger partial charge in [0.1, 0.15) is 5.75 Å². The number of nitrogens with zero attached hydrogens (tertiary/aromatic N) is 2. The van der Waals surface area contributed by atoms with Gasteiger partial charge in [0, 0.05) is 12.1 Å². The van der Waals surface area contributed by atoms with E-state index in [1.54, 1.807) is 6.92 Å². The van der Waals surface area contributed by atoms with Crippen molar-refractivity contribution in [1.29, 1.82) is 0 Å². The third-order valence-electron chi connectivity index (χ3n) is 4.18. The van der Waals surface area contributed by atoms with Gasteiger partial charge in [0.05, 0.1) is 10.6 Å². The first-order valence-electron chi connectivity index (χ1n) is 8.89. The van der Waals surface area contributed by atoms with Crippen molar-refractivity contribution in [2.45, 2.75) is 6.92 Å². The minimum absolute atomic E-state index is 0.0414. The summed E-state index contributed by atoms with van der Waals surface area (Å²) in [4.78, 5) is 22.0. The number of carbonyl (C=O) groups excluding carboxylic acids is 1. The largest absolute Gasteiger partial charge is 0.484 e. The van der Waals surface area contributed by atoms with Gasteiger partial charge < -0.3 is 4.74 Å². The molecular formula is C22H19N3O4. The maximum absolute atomic E-state index is 11.9. The van der Waals surface area contributed by atoms with Crippen LogP contribution in [0.25, 0.3) is 11.1 Å². The number of ether oxygens (including phenoxy) is 1. The van der Waals surface area contributed by atoms with Crippen LogP contribution < -0.4 is 10.2 Å². The molecule has 0 aliphatic heterocycles. The van der Waals surface area contributed by atoms with Crippen LogP contribution in [0.2, 0.25) is 0 Å². The van der Waals surface area contributed by atoms with E-state index in [0.29, 0.717) is 11.5 Å². The Balaban J connectivity index is 1.53. The molecule has 29 heavy (non-hydrogen) atoms. The monoisotopic (exact) mass is 389 g/mol. The van der Waals surface area contributed by atoms with Gasteiger partial charge >= 0.3 is 0 Å². The van der Waals surface area contributed by atoms with Crippen LogP contribution in [0.4, 0.5) is 5.69 Å². The van der Waals surface area contributed by atoms with Gasteiger partial charge in [-0.05, 0) is 35.7 Å². The zero-order valence-electron chi connectivity index (χ0n) is 15.7. The lowest BCUT2D eigenvalue weighted by Gasteiger charge is -2.06. The number of benzene rings is 3. The number of amides is 1. The SMILES string of the molecule is CC(=NNC(=O)COc1ccc([N+](=O)[O-])cc1)c1ccc(-c2ccccc2)cc1. The fourth-order valence-corrected chi connectivity index (χ4v) is 2.59. The van der Waals surface area contributed by atoms with Crippen LogP contribution in [0.15, 0.2) is 84.0 Å². The van der Waals surface area contributed by atoms with Crippen LogP contribution in [0.1, 0.15) is 12.5 Å². The van der Waals surface area contributed by atoms with E-state index in [9.17, 15) is 14.9 Å². The molecule has 3 aromatic rings. The number of nitrogens with one attached hydrogen (secondary N) is 1. The Morgan fingerprint density at radius 2 is 1.59 bits per heavy atom. The van der Waals surface area contributed by atoms with Gasteiger partial charge in [-0.1, -0.05) is 54.6 Å². The van der Waals surface area contributed by atoms with Crippen molar-refractivity contribution in [1.82, 2.24) is 5.43 Å². The van der Waals surface area contributed by atoms with Crippen molar-refractivity contribution in [2.24, 2.45) is 5.10 Å². The van der Waals surface area contributed by atoms with Gasteiger partial charge in [-0.2, -0.15) is 5.10 Å². The minimum atomic E-state index is -0.500. The second-order valence-electron chi connectivity index (χ2n) is 6.22. The second kappa shape index (κ2) is 9.27. The summed E-state index contributed by atoms with van der Waals surface area (Å²) in [5.74, 6) is -0.0634. The summed E-state index contributed by atoms with van der Waals surface area (Å²) >= 11 is 0. The maximum atomic E-state index is 11.9. The second-order valence-corrected chi connectivity index (χ2v) is 6.22. The van der Waals surface area contributed by atoms with E-state index in [4.69, 9.17) is 4.74 Å². The molecule has 146 valence electrons. The number of nitro benzene ring substituents is 1. The van der Waals surface area contributed by atoms with Crippen LogP contribution >= 0.6 is 0 Å². The predicted molar refractivity (Wildman–Crippen MR) is 111 cm³/mol. The summed E-state index contributed by atoms with van der Waals surface area (Å²) < 4.78 is 5.30. The lowest BCUT2D eigenvalue weighted by Crippen LogP contribution is -2.25. The molecule has 0 aliphatic carbocycles. The Labute approximate surface area is 167 Å². The highest BCUT2D eigenvalue weighted by atomic mass is 16.6. The number of hydrogen-bond acceptors (Lipinski definition) is 5. The quantitative estimate of drug-likeness (QED) is 0.373. The van der Waals surface area contributed by atoms with E-state index in [2.05, 4.69) is 10.5 Å². The van der Waals surface area contributed by atoms with Crippen molar-refractivity contribution in [3.05, 3.63) is 94.5 Å². The highest BCUT2D eigenvalue weighted by Gasteiger charge is 2.07. The Morgan fingerprint density at radius 1 is 0.966 bits per heavy atom. The summed E-state index contributed by atoms with van der Waals surface area (Å²) in [7, 11) is 0. The number of nitro groups is 1. The molecule has 0 spiro atoms. The van der Waals surface area contributed by atoms with Gasteiger partial charge in [-0.3, -0.25) is 14.9 Å². The van der Waals surface area contributed by atoms with Crippen molar-refractivity contribution >= 4 is 17.3 Å². The molecule has 0 fully saturated rings. The van der Waals surface area contributed by atoms with E-state index in [1.165, 1.54) is 24.3 Å². The van der Waals surface area contributed by atoms with Crippen LogP contribution in [-0.2, 0) is 4.79 Å². The molecule has 1 N–H and O–H groups in total. The molecule has 0 saturated heterocycles. The van der Waals surface area contributed by atoms with E-state index in [0.717, 1.165) is 16.7 Å². The van der Waals surface area contributed by atoms with Crippen LogP contribution in [0, 0.1) is 10.1 Å². The standard InChI is InChI=1S/C22H19N3O4/c1-16(17-7-9-19(10-8-17)18-5-3-2-4-6-18)23-24-22(26)15-29-21-13-11-20(12-14-21)25(27)28/h2-14H,15H2,1H3,(H,24,26). The number of hydrazone groups is 1. The maximum Gasteiger partial charge on any atom is 0.277 e. The van der Waals surface area contributed by atoms with Gasteiger partial charge in [0.25, 0.3) is 11.6 Å². The molecule has 0 heterocycles. The first-order chi connectivity index (χ1) is 14.0. The van der Waals surface area contributed by atoms with Gasteiger partial charge in [-0.15, -0.1) is 0 Å². The average Bonchev–Trinajstić information content (AvgIpc) is 2.77. The Bertz CT molecular complexity index is 1010. The predicted octanol–water partition coefficient (Wildman–Crippen LogP) is 4.18. The Hall–Kier alpha value is -4.00. The fraction of sp³-hybridized carbons (Fsp3) is 0.0909. The lowest BCUT2D eigenvalue weighted by atomic mass is 10.0. The molecular weight excluding hydrogens is 370 g/mol. The molecule has 0 bridgehead atoms. The molecule has 3 rings (SSSR count). The number of hydrogen-bond donors (Lipinski definition) is 1. The van der Waals surface area contributed by atoms with E-state index in [1.807, 2.05) is 54.6 Å². The molecule has 0 radical (unpaired) electrons. The highest BCUT2D eigenvalue weighted by molar-refractivity contribution is 5.99. The van der Waals surface area contributed by atoms with Crippen molar-refractivity contribution in [3.8, 4) is 16.9 Å². The van der Waals surface area contributed by atoms with Gasteiger partial charge in [0.15, 0.2) is 6.61 Å². The summed E-state index contributed by atoms with van der Waals surface area (Å²) in [6.07, 6.45) is 0. The first kappa shape index (κ1) is 19.8. The van der Waals surface area contributed by atoms with E-state index in [-0.39, 0.29) is 12.3 Å². The highest BCUT2D eigenvalue weighted by Crippen LogP contribution is 2.19. The van der Waals surface area contributed by atoms with Gasteiger partial charge in [-0.25, -0.2) is 5.43 Å². The van der Waals surface area contributed by atoms with Crippen molar-refractivity contribution in [3.63, 3.8) is 0 Å². The fourth-order valence-electron chi connectivity index (χ4n) is 2.59. The average molecular weight is 389 g/mol. The van der Waals surface area contributed by atoms with E-state index >= 15 is 0 Å². The number of non-ortho nitro benzene ring substituents is 1. The number of rotatable bonds is 7. The molecule has 0 saturated carbocycles. The molecule has 0 unspecified atom stereocenters. The van der Waals surface area contributed by atoms with Crippen LogP contribution in [0.5, 0.6) is 5.75 Å². The first-order valence-corrected chi connectivity index (χ1v) is 8.89. The zero-order valence-corrected chi connectivity index (χ0v) is 15.7. The lowest BCUT2D eigenvalue weighted by molar-refractivity contribution is -0.384. The topological polar surface area (TPSA) is 93.8 Å². The van der Waals surface area contributed by atoms with Crippen molar-refractivity contribution in [2.75, 3.05) is 6.61 Å². The van der Waals surface area contributed by atoms with Gasteiger partial charge in [0.2, 0.25) is 0 Å². The smallest absolute Gasteiger partial charge is 0.277 e. The molecule has 0 atom stereocenters. The molecule has 3 aromatic carbocycles. The summed E-state index contributed by atoms with van der Waals surface area (Å²) in [5, 5.41) is 14.7. The number of carbonyl (C=O) groups is 1. The summed E-state index contributed by atoms with van der Waals surface area (Å²) in [6.45, 7) is 1.55. The zero-order chi connectivity index (χ0) is 20.6. The molecule has 1 amide bonds. The molecule has 7 heteroatoms. The Kier molecular flexibility index (Phi) is 6.32. The molecule has 7 nitrogen and oxygen atoms in total. The third-order valence-corrected chi connectivity index (χ3v) is 4.18. The summed E-state index contributed by atoms with van der Waals surface area (Å²) in [6, 6.07) is 23.4. The molecule has 0 aliphatic rings.